The van der Waals surface area contributed by atoms with Crippen LogP contribution in [-0.2, 0) is 46.4 Å². The second-order valence-electron chi connectivity index (χ2n) is 10.5. The van der Waals surface area contributed by atoms with Crippen molar-refractivity contribution in [3.8, 4) is 11.5 Å². The number of rotatable bonds is 11. The first-order valence-electron chi connectivity index (χ1n) is 14.0. The molecule has 5 atom stereocenters. The van der Waals surface area contributed by atoms with Crippen LogP contribution in [0.3, 0.4) is 0 Å². The fourth-order valence-electron chi connectivity index (χ4n) is 5.43. The van der Waals surface area contributed by atoms with Gasteiger partial charge in [0.05, 0.1) is 25.4 Å². The van der Waals surface area contributed by atoms with Gasteiger partial charge < -0.3 is 39.0 Å². The van der Waals surface area contributed by atoms with Crippen LogP contribution < -0.4 is 9.47 Å². The minimum absolute atomic E-state index is 0.0939. The standard InChI is InChI=1S/C34H34O8/c35-28(22-38-18-23-10-4-1-5-11-23)32-31(36)33(37)34(42-32)30-26(21-41-34)16-27(39-19-24-12-6-2-7-13-24)17-29(30)40-20-25-14-8-3-9-15-25/h1-17,28,31-33,35-37H,18-22H2/t28-,31+,32+,33-,34+/m1/s1. The predicted molar refractivity (Wildman–Crippen MR) is 153 cm³/mol. The van der Waals surface area contributed by atoms with E-state index >= 15 is 0 Å². The van der Waals surface area contributed by atoms with Crippen LogP contribution in [0.4, 0.5) is 0 Å². The van der Waals surface area contributed by atoms with Crippen molar-refractivity contribution >= 4 is 0 Å². The molecule has 2 aliphatic rings. The third-order valence-electron chi connectivity index (χ3n) is 7.57. The van der Waals surface area contributed by atoms with Gasteiger partial charge in [0, 0.05) is 6.07 Å². The minimum atomic E-state index is -1.73. The van der Waals surface area contributed by atoms with Crippen molar-refractivity contribution in [2.45, 2.75) is 56.6 Å². The summed E-state index contributed by atoms with van der Waals surface area (Å²) in [6.45, 7) is 0.895. The quantitative estimate of drug-likeness (QED) is 0.246. The lowest BCUT2D eigenvalue weighted by molar-refractivity contribution is -0.269. The van der Waals surface area contributed by atoms with Crippen LogP contribution in [0.2, 0.25) is 0 Å². The topological polar surface area (TPSA) is 107 Å². The first-order chi connectivity index (χ1) is 20.5. The molecule has 1 spiro atoms. The molecule has 0 aromatic heterocycles. The molecule has 0 unspecified atom stereocenters. The summed E-state index contributed by atoms with van der Waals surface area (Å²) < 4.78 is 30.4. The van der Waals surface area contributed by atoms with Crippen molar-refractivity contribution in [3.05, 3.63) is 131 Å². The van der Waals surface area contributed by atoms with Crippen molar-refractivity contribution < 1.29 is 39.0 Å². The number of fused-ring (bicyclic) bond motifs is 2. The Balaban J connectivity index is 1.24. The molecule has 4 aromatic rings. The number of aliphatic hydroxyl groups excluding tert-OH is 3. The molecule has 8 nitrogen and oxygen atoms in total. The van der Waals surface area contributed by atoms with E-state index in [4.69, 9.17) is 23.7 Å². The molecule has 6 rings (SSSR count). The molecule has 2 heterocycles. The van der Waals surface area contributed by atoms with Crippen LogP contribution >= 0.6 is 0 Å². The molecule has 3 N–H and O–H groups in total. The number of hydrogen-bond acceptors (Lipinski definition) is 8. The maximum absolute atomic E-state index is 11.3. The highest BCUT2D eigenvalue weighted by Gasteiger charge is 2.62. The summed E-state index contributed by atoms with van der Waals surface area (Å²) in [5, 5.41) is 33.3. The Morgan fingerprint density at radius 1 is 0.762 bits per heavy atom. The highest BCUT2D eigenvalue weighted by molar-refractivity contribution is 5.52. The van der Waals surface area contributed by atoms with Crippen LogP contribution in [-0.4, -0.2) is 46.3 Å². The summed E-state index contributed by atoms with van der Waals surface area (Å²) in [6, 6.07) is 32.7. The largest absolute Gasteiger partial charge is 0.489 e. The van der Waals surface area contributed by atoms with E-state index in [1.165, 1.54) is 0 Å². The molecule has 0 bridgehead atoms. The van der Waals surface area contributed by atoms with E-state index in [1.807, 2.05) is 97.1 Å². The molecule has 4 aromatic carbocycles. The van der Waals surface area contributed by atoms with Crippen LogP contribution in [0, 0.1) is 0 Å². The third-order valence-corrected chi connectivity index (χ3v) is 7.57. The molecule has 218 valence electrons. The van der Waals surface area contributed by atoms with Crippen molar-refractivity contribution in [3.63, 3.8) is 0 Å². The van der Waals surface area contributed by atoms with Gasteiger partial charge in [-0.25, -0.2) is 0 Å². The number of hydrogen-bond donors (Lipinski definition) is 3. The van der Waals surface area contributed by atoms with Gasteiger partial charge in [-0.1, -0.05) is 91.0 Å². The van der Waals surface area contributed by atoms with Crippen molar-refractivity contribution in [2.75, 3.05) is 6.61 Å². The molecule has 0 aliphatic carbocycles. The second kappa shape index (κ2) is 12.6. The highest BCUT2D eigenvalue weighted by atomic mass is 16.7. The predicted octanol–water partition coefficient (Wildman–Crippen LogP) is 4.23. The van der Waals surface area contributed by atoms with Gasteiger partial charge in [0.15, 0.2) is 0 Å². The van der Waals surface area contributed by atoms with Crippen molar-refractivity contribution in [2.24, 2.45) is 0 Å². The van der Waals surface area contributed by atoms with Gasteiger partial charge >= 0.3 is 0 Å². The molecule has 8 heteroatoms. The second-order valence-corrected chi connectivity index (χ2v) is 10.5. The lowest BCUT2D eigenvalue weighted by atomic mass is 9.94. The van der Waals surface area contributed by atoms with Crippen molar-refractivity contribution in [1.82, 2.24) is 0 Å². The van der Waals surface area contributed by atoms with Gasteiger partial charge in [-0.2, -0.15) is 0 Å². The zero-order valence-corrected chi connectivity index (χ0v) is 23.0. The van der Waals surface area contributed by atoms with E-state index in [2.05, 4.69) is 0 Å². The Kier molecular flexibility index (Phi) is 8.53. The summed E-state index contributed by atoms with van der Waals surface area (Å²) in [5.41, 5.74) is 4.09. The third kappa shape index (κ3) is 5.91. The highest BCUT2D eigenvalue weighted by Crippen LogP contribution is 2.52. The van der Waals surface area contributed by atoms with Gasteiger partial charge in [0.2, 0.25) is 5.79 Å². The van der Waals surface area contributed by atoms with Gasteiger partial charge in [-0.05, 0) is 28.3 Å². The van der Waals surface area contributed by atoms with Gasteiger partial charge in [-0.15, -0.1) is 0 Å². The SMILES string of the molecule is O[C@H]1[C@H]([C@H](O)COCc2ccccc2)O[C@]2(OCc3cc(OCc4ccccc4)cc(OCc4ccccc4)c32)[C@@H]1O. The summed E-state index contributed by atoms with van der Waals surface area (Å²) >= 11 is 0. The first kappa shape index (κ1) is 28.4. The molecular weight excluding hydrogens is 536 g/mol. The van der Waals surface area contributed by atoms with E-state index in [0.29, 0.717) is 29.2 Å². The molecule has 1 saturated heterocycles. The summed E-state index contributed by atoms with van der Waals surface area (Å²) in [7, 11) is 0. The minimum Gasteiger partial charge on any atom is -0.489 e. The Morgan fingerprint density at radius 3 is 1.95 bits per heavy atom. The number of benzene rings is 4. The summed E-state index contributed by atoms with van der Waals surface area (Å²) in [6.07, 6.45) is -5.28. The maximum atomic E-state index is 11.3. The molecule has 2 aliphatic heterocycles. The maximum Gasteiger partial charge on any atom is 0.229 e. The Hall–Kier alpha value is -3.76. The fraction of sp³-hybridized carbons (Fsp3) is 0.294. The normalized spacial score (nSPS) is 23.5. The smallest absolute Gasteiger partial charge is 0.229 e. The monoisotopic (exact) mass is 570 g/mol. The zero-order chi connectivity index (χ0) is 28.9. The molecular formula is C34H34O8. The first-order valence-corrected chi connectivity index (χ1v) is 14.0. The molecule has 42 heavy (non-hydrogen) atoms. The van der Waals surface area contributed by atoms with Crippen LogP contribution in [0.25, 0.3) is 0 Å². The molecule has 0 amide bonds. The number of aliphatic hydroxyl groups is 3. The molecule has 1 fully saturated rings. The van der Waals surface area contributed by atoms with Gasteiger partial charge in [-0.3, -0.25) is 0 Å². The Labute approximate surface area is 244 Å². The van der Waals surface area contributed by atoms with E-state index < -0.39 is 30.2 Å². The fourth-order valence-corrected chi connectivity index (χ4v) is 5.43. The van der Waals surface area contributed by atoms with Crippen LogP contribution in [0.15, 0.2) is 103 Å². The van der Waals surface area contributed by atoms with E-state index in [1.54, 1.807) is 6.07 Å². The van der Waals surface area contributed by atoms with E-state index in [-0.39, 0.29) is 26.4 Å². The van der Waals surface area contributed by atoms with Crippen molar-refractivity contribution in [1.29, 1.82) is 0 Å². The van der Waals surface area contributed by atoms with Gasteiger partial charge in [0.25, 0.3) is 0 Å². The number of ether oxygens (including phenoxy) is 5. The lowest BCUT2D eigenvalue weighted by Gasteiger charge is -2.29. The van der Waals surface area contributed by atoms with E-state index in [9.17, 15) is 15.3 Å². The lowest BCUT2D eigenvalue weighted by Crippen LogP contribution is -2.42. The zero-order valence-electron chi connectivity index (χ0n) is 23.0. The molecule has 0 radical (unpaired) electrons. The molecule has 0 saturated carbocycles. The van der Waals surface area contributed by atoms with E-state index in [0.717, 1.165) is 16.7 Å². The van der Waals surface area contributed by atoms with Crippen LogP contribution in [0.1, 0.15) is 27.8 Å². The van der Waals surface area contributed by atoms with Crippen LogP contribution in [0.5, 0.6) is 11.5 Å². The van der Waals surface area contributed by atoms with Gasteiger partial charge in [0.1, 0.15) is 49.1 Å². The Bertz CT molecular complexity index is 1450. The summed E-state index contributed by atoms with van der Waals surface area (Å²) in [4.78, 5) is 0. The Morgan fingerprint density at radius 2 is 1.33 bits per heavy atom. The average molecular weight is 571 g/mol. The summed E-state index contributed by atoms with van der Waals surface area (Å²) in [5.74, 6) is -0.761. The average Bonchev–Trinajstić information content (AvgIpc) is 3.53.